The number of piperidine rings is 1. The third-order valence-electron chi connectivity index (χ3n) is 5.05. The van der Waals surface area contributed by atoms with Crippen molar-refractivity contribution in [3.63, 3.8) is 0 Å². The van der Waals surface area contributed by atoms with E-state index in [0.29, 0.717) is 18.9 Å². The van der Waals surface area contributed by atoms with Crippen LogP contribution in [0.1, 0.15) is 59.3 Å². The number of hydrogen-bond donors (Lipinski definition) is 1. The van der Waals surface area contributed by atoms with Crippen molar-refractivity contribution in [3.8, 4) is 0 Å². The van der Waals surface area contributed by atoms with E-state index in [1.807, 2.05) is 0 Å². The number of halogens is 3. The van der Waals surface area contributed by atoms with Crippen LogP contribution in [0.4, 0.5) is 13.2 Å². The van der Waals surface area contributed by atoms with Crippen LogP contribution in [0.2, 0.25) is 0 Å². The van der Waals surface area contributed by atoms with E-state index in [2.05, 4.69) is 31.0 Å². The summed E-state index contributed by atoms with van der Waals surface area (Å²) in [5, 5.41) is 3.51. The van der Waals surface area contributed by atoms with E-state index in [1.165, 1.54) is 0 Å². The van der Waals surface area contributed by atoms with E-state index < -0.39 is 12.1 Å². The van der Waals surface area contributed by atoms with Crippen LogP contribution >= 0.6 is 0 Å². The monoisotopic (exact) mass is 306 g/mol. The highest BCUT2D eigenvalue weighted by molar-refractivity contribution is 4.88. The molecule has 1 aliphatic carbocycles. The fraction of sp³-hybridized carbons (Fsp3) is 1.00. The molecule has 124 valence electrons. The number of nitrogens with one attached hydrogen (secondary N) is 1. The lowest BCUT2D eigenvalue weighted by atomic mass is 9.84. The van der Waals surface area contributed by atoms with E-state index >= 15 is 0 Å². The normalized spacial score (nSPS) is 30.6. The molecule has 2 rings (SSSR count). The molecule has 1 aliphatic heterocycles. The molecule has 1 N–H and O–H groups in total. The molecular weight excluding hydrogens is 277 g/mol. The molecule has 0 bridgehead atoms. The maximum Gasteiger partial charge on any atom is 0.391 e. The summed E-state index contributed by atoms with van der Waals surface area (Å²) in [5.41, 5.74) is 0.192. The number of likely N-dealkylation sites (tertiary alicyclic amines) is 1. The van der Waals surface area contributed by atoms with Gasteiger partial charge in [0.15, 0.2) is 0 Å². The van der Waals surface area contributed by atoms with Gasteiger partial charge in [0.2, 0.25) is 0 Å². The highest BCUT2D eigenvalue weighted by atomic mass is 19.4. The first kappa shape index (κ1) is 17.1. The summed E-state index contributed by atoms with van der Waals surface area (Å²) in [5.74, 6) is -1.10. The maximum absolute atomic E-state index is 12.8. The van der Waals surface area contributed by atoms with Gasteiger partial charge in [0.25, 0.3) is 0 Å². The van der Waals surface area contributed by atoms with E-state index in [0.717, 1.165) is 32.4 Å². The molecule has 2 atom stereocenters. The predicted molar refractivity (Wildman–Crippen MR) is 79.3 cm³/mol. The SMILES string of the molecule is CC(C)(C)N1CCC(N[C@@H]2CCC[C@H](C(F)(F)F)C2)CC1. The Balaban J connectivity index is 1.78. The van der Waals surface area contributed by atoms with Gasteiger partial charge in [0.05, 0.1) is 5.92 Å². The summed E-state index contributed by atoms with van der Waals surface area (Å²) in [7, 11) is 0. The van der Waals surface area contributed by atoms with Crippen LogP contribution in [0.25, 0.3) is 0 Å². The lowest BCUT2D eigenvalue weighted by Crippen LogP contribution is -2.52. The maximum atomic E-state index is 12.8. The molecule has 2 nitrogen and oxygen atoms in total. The zero-order valence-corrected chi connectivity index (χ0v) is 13.5. The molecule has 1 saturated heterocycles. The van der Waals surface area contributed by atoms with Gasteiger partial charge < -0.3 is 5.32 Å². The van der Waals surface area contributed by atoms with Gasteiger partial charge in [-0.1, -0.05) is 6.42 Å². The van der Waals surface area contributed by atoms with Crippen molar-refractivity contribution in [3.05, 3.63) is 0 Å². The zero-order valence-electron chi connectivity index (χ0n) is 13.5. The van der Waals surface area contributed by atoms with Crippen molar-refractivity contribution in [1.82, 2.24) is 10.2 Å². The Kier molecular flexibility index (Phi) is 5.24. The Hall–Kier alpha value is -0.290. The summed E-state index contributed by atoms with van der Waals surface area (Å²) in [6.07, 6.45) is 0.243. The molecular formula is C16H29F3N2. The van der Waals surface area contributed by atoms with Crippen LogP contribution < -0.4 is 5.32 Å². The van der Waals surface area contributed by atoms with E-state index in [1.54, 1.807) is 0 Å². The molecule has 0 spiro atoms. The smallest absolute Gasteiger partial charge is 0.311 e. The van der Waals surface area contributed by atoms with Crippen LogP contribution in [0.15, 0.2) is 0 Å². The summed E-state index contributed by atoms with van der Waals surface area (Å²) >= 11 is 0. The number of rotatable bonds is 2. The highest BCUT2D eigenvalue weighted by Crippen LogP contribution is 2.37. The fourth-order valence-corrected chi connectivity index (χ4v) is 3.69. The van der Waals surface area contributed by atoms with Crippen molar-refractivity contribution in [1.29, 1.82) is 0 Å². The van der Waals surface area contributed by atoms with Gasteiger partial charge in [0, 0.05) is 30.7 Å². The average Bonchev–Trinajstić information content (AvgIpc) is 2.37. The van der Waals surface area contributed by atoms with E-state index in [-0.39, 0.29) is 18.0 Å². The van der Waals surface area contributed by atoms with Crippen LogP contribution in [-0.2, 0) is 0 Å². The minimum atomic E-state index is -4.02. The summed E-state index contributed by atoms with van der Waals surface area (Å²) in [6.45, 7) is 8.73. The first-order chi connectivity index (χ1) is 9.66. The Morgan fingerprint density at radius 1 is 0.905 bits per heavy atom. The molecule has 0 aromatic rings. The van der Waals surface area contributed by atoms with Gasteiger partial charge >= 0.3 is 6.18 Å². The zero-order chi connectivity index (χ0) is 15.7. The minimum absolute atomic E-state index is 0.0524. The Bertz CT molecular complexity index is 327. The van der Waals surface area contributed by atoms with Crippen LogP contribution in [0, 0.1) is 5.92 Å². The highest BCUT2D eigenvalue weighted by Gasteiger charge is 2.42. The first-order valence-corrected chi connectivity index (χ1v) is 8.24. The molecule has 5 heteroatoms. The molecule has 0 aromatic heterocycles. The topological polar surface area (TPSA) is 15.3 Å². The Labute approximate surface area is 126 Å². The fourth-order valence-electron chi connectivity index (χ4n) is 3.69. The molecule has 2 fully saturated rings. The summed E-state index contributed by atoms with van der Waals surface area (Å²) < 4.78 is 38.5. The van der Waals surface area contributed by atoms with E-state index in [9.17, 15) is 13.2 Å². The second-order valence-corrected chi connectivity index (χ2v) is 7.70. The van der Waals surface area contributed by atoms with Crippen LogP contribution in [0.5, 0.6) is 0 Å². The Morgan fingerprint density at radius 3 is 2.05 bits per heavy atom. The molecule has 0 unspecified atom stereocenters. The van der Waals surface area contributed by atoms with Crippen LogP contribution in [0.3, 0.4) is 0 Å². The van der Waals surface area contributed by atoms with E-state index in [4.69, 9.17) is 0 Å². The number of alkyl halides is 3. The lowest BCUT2D eigenvalue weighted by molar-refractivity contribution is -0.184. The molecule has 21 heavy (non-hydrogen) atoms. The van der Waals surface area contributed by atoms with Crippen molar-refractivity contribution in [2.45, 2.75) is 83.1 Å². The minimum Gasteiger partial charge on any atom is -0.311 e. The molecule has 1 heterocycles. The summed E-state index contributed by atoms with van der Waals surface area (Å²) in [6, 6.07) is 0.442. The lowest BCUT2D eigenvalue weighted by Gasteiger charge is -2.42. The number of hydrogen-bond acceptors (Lipinski definition) is 2. The van der Waals surface area contributed by atoms with Crippen molar-refractivity contribution in [2.75, 3.05) is 13.1 Å². The van der Waals surface area contributed by atoms with Gasteiger partial charge in [-0.3, -0.25) is 4.90 Å². The molecule has 0 radical (unpaired) electrons. The van der Waals surface area contributed by atoms with Gasteiger partial charge in [-0.15, -0.1) is 0 Å². The predicted octanol–water partition coefficient (Wildman–Crippen LogP) is 3.96. The molecule has 1 saturated carbocycles. The summed E-state index contributed by atoms with van der Waals surface area (Å²) in [4.78, 5) is 2.46. The van der Waals surface area contributed by atoms with Gasteiger partial charge in [0.1, 0.15) is 0 Å². The first-order valence-electron chi connectivity index (χ1n) is 8.24. The van der Waals surface area contributed by atoms with Gasteiger partial charge in [-0.25, -0.2) is 0 Å². The van der Waals surface area contributed by atoms with Crippen molar-refractivity contribution in [2.24, 2.45) is 5.92 Å². The van der Waals surface area contributed by atoms with Gasteiger partial charge in [-0.05, 0) is 52.9 Å². The molecule has 0 amide bonds. The largest absolute Gasteiger partial charge is 0.391 e. The second kappa shape index (κ2) is 6.45. The average molecular weight is 306 g/mol. The third-order valence-corrected chi connectivity index (χ3v) is 5.05. The van der Waals surface area contributed by atoms with Crippen molar-refractivity contribution < 1.29 is 13.2 Å². The third kappa shape index (κ3) is 4.85. The Morgan fingerprint density at radius 2 is 1.52 bits per heavy atom. The second-order valence-electron chi connectivity index (χ2n) is 7.70. The quantitative estimate of drug-likeness (QED) is 0.831. The molecule has 2 aliphatic rings. The van der Waals surface area contributed by atoms with Crippen molar-refractivity contribution >= 4 is 0 Å². The van der Waals surface area contributed by atoms with Crippen LogP contribution in [-0.4, -0.2) is 41.8 Å². The molecule has 0 aromatic carbocycles. The van der Waals surface area contributed by atoms with Gasteiger partial charge in [-0.2, -0.15) is 13.2 Å². The number of nitrogens with zero attached hydrogens (tertiary/aromatic N) is 1. The standard InChI is InChI=1S/C16H29F3N2/c1-15(2,3)21-9-7-13(8-10-21)20-14-6-4-5-12(11-14)16(17,18)19/h12-14,20H,4-11H2,1-3H3/t12-,14+/m0/s1.